The summed E-state index contributed by atoms with van der Waals surface area (Å²) in [7, 11) is 1.63. The molecule has 0 unspecified atom stereocenters. The molecule has 0 amide bonds. The second kappa shape index (κ2) is 6.51. The molecular weight excluding hydrogens is 275 g/mol. The first kappa shape index (κ1) is 15.1. The minimum atomic E-state index is -0.0466. The molecule has 22 heavy (non-hydrogen) atoms. The number of benzene rings is 2. The van der Waals surface area contributed by atoms with Crippen LogP contribution in [0.5, 0.6) is 5.75 Å². The van der Waals surface area contributed by atoms with E-state index >= 15 is 0 Å². The first-order valence-corrected chi connectivity index (χ1v) is 8.12. The third kappa shape index (κ3) is 2.87. The van der Waals surface area contributed by atoms with Crippen molar-refractivity contribution < 1.29 is 9.13 Å². The van der Waals surface area contributed by atoms with Gasteiger partial charge in [-0.3, -0.25) is 0 Å². The second-order valence-electron chi connectivity index (χ2n) is 6.19. The third-order valence-electron chi connectivity index (χ3n) is 4.87. The molecule has 0 heterocycles. The number of hydrogen-bond acceptors (Lipinski definition) is 1. The third-order valence-corrected chi connectivity index (χ3v) is 4.87. The standard InChI is InChI=1S/C20H23FO/c1-3-4-14-5-7-15(8-6-14)18-11-9-16-13-17(22-2)10-12-19(16)20(18)21/h3-4,9-15H,5-8H2,1-2H3/b4-3+. The van der Waals surface area contributed by atoms with Gasteiger partial charge in [-0.1, -0.05) is 24.3 Å². The molecular formula is C20H23FO. The van der Waals surface area contributed by atoms with Crippen molar-refractivity contribution >= 4 is 10.8 Å². The molecule has 2 aromatic rings. The van der Waals surface area contributed by atoms with E-state index in [2.05, 4.69) is 19.1 Å². The molecule has 1 saturated carbocycles. The summed E-state index contributed by atoms with van der Waals surface area (Å²) in [6, 6.07) is 9.55. The fraction of sp³-hybridized carbons (Fsp3) is 0.400. The lowest BCUT2D eigenvalue weighted by molar-refractivity contribution is 0.369. The van der Waals surface area contributed by atoms with Crippen molar-refractivity contribution in [3.8, 4) is 5.75 Å². The van der Waals surface area contributed by atoms with Crippen LogP contribution in [-0.4, -0.2) is 7.11 Å². The number of ether oxygens (including phenoxy) is 1. The number of rotatable bonds is 3. The number of allylic oxidation sites excluding steroid dienone is 2. The van der Waals surface area contributed by atoms with Crippen LogP contribution in [-0.2, 0) is 0 Å². The number of fused-ring (bicyclic) bond motifs is 1. The van der Waals surface area contributed by atoms with Gasteiger partial charge in [0.15, 0.2) is 0 Å². The van der Waals surface area contributed by atoms with Gasteiger partial charge in [-0.2, -0.15) is 0 Å². The maximum absolute atomic E-state index is 14.9. The second-order valence-corrected chi connectivity index (χ2v) is 6.19. The Morgan fingerprint density at radius 2 is 1.86 bits per heavy atom. The number of methoxy groups -OCH3 is 1. The Balaban J connectivity index is 1.87. The fourth-order valence-electron chi connectivity index (χ4n) is 3.62. The van der Waals surface area contributed by atoms with Crippen molar-refractivity contribution in [1.29, 1.82) is 0 Å². The Hall–Kier alpha value is -1.83. The molecule has 3 rings (SSSR count). The Bertz CT molecular complexity index is 681. The van der Waals surface area contributed by atoms with Gasteiger partial charge >= 0.3 is 0 Å². The van der Waals surface area contributed by atoms with Gasteiger partial charge in [0.05, 0.1) is 7.11 Å². The highest BCUT2D eigenvalue weighted by molar-refractivity contribution is 5.85. The van der Waals surface area contributed by atoms with Crippen LogP contribution in [0.3, 0.4) is 0 Å². The molecule has 0 aliphatic heterocycles. The van der Waals surface area contributed by atoms with Gasteiger partial charge in [0, 0.05) is 5.39 Å². The molecule has 0 saturated heterocycles. The van der Waals surface area contributed by atoms with Crippen molar-refractivity contribution in [2.24, 2.45) is 5.92 Å². The van der Waals surface area contributed by atoms with E-state index in [1.807, 2.05) is 30.3 Å². The highest BCUT2D eigenvalue weighted by atomic mass is 19.1. The van der Waals surface area contributed by atoms with Crippen LogP contribution in [0.15, 0.2) is 42.5 Å². The molecule has 1 nitrogen and oxygen atoms in total. The maximum Gasteiger partial charge on any atom is 0.134 e. The van der Waals surface area contributed by atoms with Crippen LogP contribution in [0.4, 0.5) is 4.39 Å². The fourth-order valence-corrected chi connectivity index (χ4v) is 3.62. The first-order chi connectivity index (χ1) is 10.7. The highest BCUT2D eigenvalue weighted by Crippen LogP contribution is 2.39. The van der Waals surface area contributed by atoms with Gasteiger partial charge < -0.3 is 4.74 Å². The van der Waals surface area contributed by atoms with E-state index in [9.17, 15) is 4.39 Å². The van der Waals surface area contributed by atoms with Crippen molar-refractivity contribution in [2.75, 3.05) is 7.11 Å². The molecule has 1 aliphatic carbocycles. The molecule has 116 valence electrons. The normalized spacial score (nSPS) is 22.3. The lowest BCUT2D eigenvalue weighted by Gasteiger charge is -2.27. The summed E-state index contributed by atoms with van der Waals surface area (Å²) in [5.74, 6) is 1.75. The van der Waals surface area contributed by atoms with Gasteiger partial charge in [0.2, 0.25) is 0 Å². The largest absolute Gasteiger partial charge is 0.497 e. The van der Waals surface area contributed by atoms with Crippen molar-refractivity contribution in [3.05, 3.63) is 53.9 Å². The Kier molecular flexibility index (Phi) is 4.47. The van der Waals surface area contributed by atoms with E-state index in [1.54, 1.807) is 7.11 Å². The van der Waals surface area contributed by atoms with E-state index in [4.69, 9.17) is 4.74 Å². The molecule has 2 heteroatoms. The lowest BCUT2D eigenvalue weighted by atomic mass is 9.78. The summed E-state index contributed by atoms with van der Waals surface area (Å²) in [5, 5.41) is 1.61. The zero-order valence-corrected chi connectivity index (χ0v) is 13.3. The van der Waals surface area contributed by atoms with Crippen LogP contribution in [0.1, 0.15) is 44.1 Å². The summed E-state index contributed by atoms with van der Waals surface area (Å²) < 4.78 is 20.1. The van der Waals surface area contributed by atoms with Crippen LogP contribution in [0.2, 0.25) is 0 Å². The minimum absolute atomic E-state index is 0.0466. The number of halogens is 1. The zero-order chi connectivity index (χ0) is 15.5. The molecule has 0 bridgehead atoms. The molecule has 0 spiro atoms. The summed E-state index contributed by atoms with van der Waals surface area (Å²) >= 11 is 0. The average Bonchev–Trinajstić information content (AvgIpc) is 2.56. The average molecular weight is 298 g/mol. The van der Waals surface area contributed by atoms with Crippen LogP contribution in [0, 0.1) is 11.7 Å². The van der Waals surface area contributed by atoms with Gasteiger partial charge in [-0.05, 0) is 73.6 Å². The van der Waals surface area contributed by atoms with Gasteiger partial charge in [-0.15, -0.1) is 0 Å². The molecule has 0 N–H and O–H groups in total. The van der Waals surface area contributed by atoms with Crippen LogP contribution in [0.25, 0.3) is 10.8 Å². The first-order valence-electron chi connectivity index (χ1n) is 8.12. The van der Waals surface area contributed by atoms with E-state index in [0.29, 0.717) is 17.2 Å². The van der Waals surface area contributed by atoms with Gasteiger partial charge in [0.1, 0.15) is 11.6 Å². The molecule has 0 radical (unpaired) electrons. The molecule has 0 aromatic heterocycles. The molecule has 1 fully saturated rings. The zero-order valence-electron chi connectivity index (χ0n) is 13.3. The summed E-state index contributed by atoms with van der Waals surface area (Å²) in [5.41, 5.74) is 0.886. The van der Waals surface area contributed by atoms with Gasteiger partial charge in [-0.25, -0.2) is 4.39 Å². The summed E-state index contributed by atoms with van der Waals surface area (Å²) in [6.45, 7) is 2.07. The Morgan fingerprint density at radius 3 is 2.55 bits per heavy atom. The maximum atomic E-state index is 14.9. The van der Waals surface area contributed by atoms with Crippen molar-refractivity contribution in [3.63, 3.8) is 0 Å². The van der Waals surface area contributed by atoms with Crippen molar-refractivity contribution in [2.45, 2.75) is 38.5 Å². The quantitative estimate of drug-likeness (QED) is 0.647. The van der Waals surface area contributed by atoms with Gasteiger partial charge in [0.25, 0.3) is 0 Å². The highest BCUT2D eigenvalue weighted by Gasteiger charge is 2.23. The minimum Gasteiger partial charge on any atom is -0.497 e. The van der Waals surface area contributed by atoms with Crippen LogP contribution >= 0.6 is 0 Å². The predicted molar refractivity (Wildman–Crippen MR) is 90.0 cm³/mol. The smallest absolute Gasteiger partial charge is 0.134 e. The van der Waals surface area contributed by atoms with E-state index in [-0.39, 0.29) is 5.82 Å². The monoisotopic (exact) mass is 298 g/mol. The van der Waals surface area contributed by atoms with Crippen LogP contribution < -0.4 is 4.74 Å². The number of hydrogen-bond donors (Lipinski definition) is 0. The predicted octanol–water partition coefficient (Wildman–Crippen LogP) is 5.84. The van der Waals surface area contributed by atoms with E-state index in [0.717, 1.165) is 42.4 Å². The van der Waals surface area contributed by atoms with Crippen molar-refractivity contribution in [1.82, 2.24) is 0 Å². The topological polar surface area (TPSA) is 9.23 Å². The lowest BCUT2D eigenvalue weighted by Crippen LogP contribution is -2.13. The SMILES string of the molecule is C/C=C/C1CCC(c2ccc3cc(OC)ccc3c2F)CC1. The Morgan fingerprint density at radius 1 is 1.09 bits per heavy atom. The van der Waals surface area contributed by atoms with E-state index < -0.39 is 0 Å². The Labute approximate surface area is 131 Å². The summed E-state index contributed by atoms with van der Waals surface area (Å²) in [4.78, 5) is 0. The molecule has 0 atom stereocenters. The van der Waals surface area contributed by atoms with E-state index in [1.165, 1.54) is 0 Å². The molecule has 2 aromatic carbocycles. The summed E-state index contributed by atoms with van der Waals surface area (Å²) in [6.07, 6.45) is 8.90. The molecule has 1 aliphatic rings.